The van der Waals surface area contributed by atoms with E-state index in [0.29, 0.717) is 23.5 Å². The second-order valence-corrected chi connectivity index (χ2v) is 9.74. The first-order valence-corrected chi connectivity index (χ1v) is 12.2. The van der Waals surface area contributed by atoms with Crippen LogP contribution in [-0.4, -0.2) is 36.3 Å². The van der Waals surface area contributed by atoms with Crippen molar-refractivity contribution in [2.45, 2.75) is 19.1 Å². The van der Waals surface area contributed by atoms with Crippen molar-refractivity contribution in [3.05, 3.63) is 95.3 Å². The monoisotopic (exact) mass is 486 g/mol. The molecule has 0 spiro atoms. The molecule has 8 nitrogen and oxygen atoms in total. The molecule has 34 heavy (non-hydrogen) atoms. The van der Waals surface area contributed by atoms with Crippen LogP contribution in [0.3, 0.4) is 0 Å². The van der Waals surface area contributed by atoms with Gasteiger partial charge in [-0.05, 0) is 60.4 Å². The number of aryl methyl sites for hydroxylation is 1. The number of rotatable bonds is 7. The van der Waals surface area contributed by atoms with E-state index in [1.54, 1.807) is 36.4 Å². The van der Waals surface area contributed by atoms with Crippen molar-refractivity contribution >= 4 is 16.1 Å². The molecule has 1 heterocycles. The van der Waals surface area contributed by atoms with Crippen LogP contribution in [0.5, 0.6) is 11.5 Å². The first-order chi connectivity index (χ1) is 16.4. The van der Waals surface area contributed by atoms with Gasteiger partial charge >= 0.3 is 6.09 Å². The highest BCUT2D eigenvalue weighted by atomic mass is 32.2. The first kappa shape index (κ1) is 23.7. The smallest absolute Gasteiger partial charge is 0.432 e. The van der Waals surface area contributed by atoms with Crippen molar-refractivity contribution < 1.29 is 32.3 Å². The normalized spacial score (nSPS) is 15.9. The van der Waals surface area contributed by atoms with Crippen LogP contribution in [0.1, 0.15) is 22.9 Å². The third-order valence-electron chi connectivity index (χ3n) is 5.47. The summed E-state index contributed by atoms with van der Waals surface area (Å²) in [6.07, 6.45) is -1.60. The number of nitrogens with one attached hydrogen (secondary N) is 1. The third-order valence-corrected chi connectivity index (χ3v) is 7.28. The Morgan fingerprint density at radius 3 is 2.35 bits per heavy atom. The summed E-state index contributed by atoms with van der Waals surface area (Å²) in [6, 6.07) is 19.7. The van der Waals surface area contributed by atoms with Crippen LogP contribution in [0.4, 0.5) is 9.18 Å². The fraction of sp³-hybridized carbons (Fsp3) is 0.208. The summed E-state index contributed by atoms with van der Waals surface area (Å²) < 4.78 is 51.4. The molecule has 3 aromatic carbocycles. The molecule has 3 aromatic rings. The second kappa shape index (κ2) is 10.2. The zero-order valence-electron chi connectivity index (χ0n) is 18.1. The van der Waals surface area contributed by atoms with Gasteiger partial charge in [0.2, 0.25) is 10.0 Å². The summed E-state index contributed by atoms with van der Waals surface area (Å²) in [5.74, 6) is 0.466. The molecule has 1 atom stereocenters. The quantitative estimate of drug-likeness (QED) is 0.384. The van der Waals surface area contributed by atoms with Crippen LogP contribution in [0, 0.1) is 5.82 Å². The molecule has 1 aliphatic heterocycles. The summed E-state index contributed by atoms with van der Waals surface area (Å²) in [7, 11) is -3.81. The van der Waals surface area contributed by atoms with Gasteiger partial charge in [0, 0.05) is 12.1 Å². The standard InChI is InChI=1S/C24H23FN2O6S/c25-19-7-11-21(12-8-19)32-20-9-5-17(6-10-20)14-16-34(30,31)27-15-13-18-3-1-2-4-22(18)23(27)33-24(28)26-29/h1-12,23,29H,13-16H2,(H,26,28). The number of amides is 1. The maximum atomic E-state index is 13.2. The van der Waals surface area contributed by atoms with Crippen LogP contribution in [0.25, 0.3) is 0 Å². The fourth-order valence-electron chi connectivity index (χ4n) is 3.77. The number of halogens is 1. The Hall–Kier alpha value is -3.47. The lowest BCUT2D eigenvalue weighted by atomic mass is 10.00. The molecule has 1 unspecified atom stereocenters. The number of carbonyl (C=O) groups excluding carboxylic acids is 1. The Labute approximate surface area is 196 Å². The van der Waals surface area contributed by atoms with Crippen molar-refractivity contribution in [3.63, 3.8) is 0 Å². The summed E-state index contributed by atoms with van der Waals surface area (Å²) in [4.78, 5) is 11.7. The van der Waals surface area contributed by atoms with Crippen molar-refractivity contribution in [1.29, 1.82) is 0 Å². The van der Waals surface area contributed by atoms with Crippen molar-refractivity contribution in [1.82, 2.24) is 9.79 Å². The maximum absolute atomic E-state index is 13.2. The molecule has 0 saturated heterocycles. The number of hydrogen-bond acceptors (Lipinski definition) is 6. The maximum Gasteiger partial charge on any atom is 0.432 e. The van der Waals surface area contributed by atoms with Crippen LogP contribution < -0.4 is 10.2 Å². The lowest BCUT2D eigenvalue weighted by Crippen LogP contribution is -2.44. The van der Waals surface area contributed by atoms with Gasteiger partial charge in [0.15, 0.2) is 6.23 Å². The number of carbonyl (C=O) groups is 1. The number of ether oxygens (including phenoxy) is 2. The SMILES string of the molecule is O=C(NO)OC1c2ccccc2CCN1S(=O)(=O)CCc1ccc(Oc2ccc(F)cc2)cc1. The molecule has 0 saturated carbocycles. The van der Waals surface area contributed by atoms with E-state index in [1.165, 1.54) is 29.7 Å². The van der Waals surface area contributed by atoms with Gasteiger partial charge in [-0.25, -0.2) is 23.1 Å². The predicted molar refractivity (Wildman–Crippen MR) is 121 cm³/mol. The fourth-order valence-corrected chi connectivity index (χ4v) is 5.31. The predicted octanol–water partition coefficient (Wildman–Crippen LogP) is 4.16. The highest BCUT2D eigenvalue weighted by Crippen LogP contribution is 2.33. The Balaban J connectivity index is 1.44. The Kier molecular flexibility index (Phi) is 7.11. The Bertz CT molecular complexity index is 1250. The molecule has 1 aliphatic rings. The Morgan fingerprint density at radius 1 is 1.03 bits per heavy atom. The molecule has 4 rings (SSSR count). The summed E-state index contributed by atoms with van der Waals surface area (Å²) >= 11 is 0. The van der Waals surface area contributed by atoms with Crippen LogP contribution in [0.15, 0.2) is 72.8 Å². The van der Waals surface area contributed by atoms with Crippen LogP contribution in [-0.2, 0) is 27.6 Å². The zero-order chi connectivity index (χ0) is 24.1. The Morgan fingerprint density at radius 2 is 1.68 bits per heavy atom. The number of hydroxylamine groups is 1. The molecule has 0 bridgehead atoms. The van der Waals surface area contributed by atoms with Crippen LogP contribution in [0.2, 0.25) is 0 Å². The minimum atomic E-state index is -3.81. The average molecular weight is 487 g/mol. The number of hydrogen-bond donors (Lipinski definition) is 2. The van der Waals surface area contributed by atoms with E-state index in [2.05, 4.69) is 0 Å². The van der Waals surface area contributed by atoms with E-state index in [-0.39, 0.29) is 24.5 Å². The minimum absolute atomic E-state index is 0.146. The molecule has 1 amide bonds. The summed E-state index contributed by atoms with van der Waals surface area (Å²) in [5.41, 5.74) is 3.60. The van der Waals surface area contributed by atoms with Gasteiger partial charge in [0.25, 0.3) is 0 Å². The molecule has 2 N–H and O–H groups in total. The van der Waals surface area contributed by atoms with Gasteiger partial charge in [-0.15, -0.1) is 0 Å². The van der Waals surface area contributed by atoms with E-state index < -0.39 is 22.3 Å². The second-order valence-electron chi connectivity index (χ2n) is 7.69. The summed E-state index contributed by atoms with van der Waals surface area (Å²) in [6.45, 7) is 0.146. The molecule has 0 aliphatic carbocycles. The average Bonchev–Trinajstić information content (AvgIpc) is 2.85. The van der Waals surface area contributed by atoms with E-state index in [9.17, 15) is 17.6 Å². The van der Waals surface area contributed by atoms with Gasteiger partial charge in [-0.1, -0.05) is 36.4 Å². The molecule has 0 fully saturated rings. The summed E-state index contributed by atoms with van der Waals surface area (Å²) in [5, 5.41) is 8.86. The number of fused-ring (bicyclic) bond motifs is 1. The highest BCUT2D eigenvalue weighted by molar-refractivity contribution is 7.89. The van der Waals surface area contributed by atoms with E-state index in [0.717, 1.165) is 15.4 Å². The molecular weight excluding hydrogens is 463 g/mol. The van der Waals surface area contributed by atoms with Gasteiger partial charge in [0.1, 0.15) is 17.3 Å². The molecule has 0 radical (unpaired) electrons. The molecule has 0 aromatic heterocycles. The zero-order valence-corrected chi connectivity index (χ0v) is 18.9. The number of nitrogens with zero attached hydrogens (tertiary/aromatic N) is 1. The van der Waals surface area contributed by atoms with E-state index in [4.69, 9.17) is 14.7 Å². The van der Waals surface area contributed by atoms with E-state index in [1.807, 2.05) is 12.1 Å². The van der Waals surface area contributed by atoms with Crippen LogP contribution >= 0.6 is 0 Å². The number of benzene rings is 3. The first-order valence-electron chi connectivity index (χ1n) is 10.6. The van der Waals surface area contributed by atoms with Gasteiger partial charge in [0.05, 0.1) is 5.75 Å². The molecular formula is C24H23FN2O6S. The van der Waals surface area contributed by atoms with E-state index >= 15 is 0 Å². The highest BCUT2D eigenvalue weighted by Gasteiger charge is 2.37. The lowest BCUT2D eigenvalue weighted by molar-refractivity contribution is 0.00239. The lowest BCUT2D eigenvalue weighted by Gasteiger charge is -2.35. The third kappa shape index (κ3) is 5.53. The molecule has 10 heteroatoms. The van der Waals surface area contributed by atoms with Crippen molar-refractivity contribution in [2.75, 3.05) is 12.3 Å². The van der Waals surface area contributed by atoms with Gasteiger partial charge in [-0.3, -0.25) is 5.21 Å². The number of sulfonamides is 1. The van der Waals surface area contributed by atoms with Gasteiger partial charge in [-0.2, -0.15) is 4.31 Å². The van der Waals surface area contributed by atoms with Crippen molar-refractivity contribution in [3.8, 4) is 11.5 Å². The molecule has 178 valence electrons. The minimum Gasteiger partial charge on any atom is -0.457 e. The van der Waals surface area contributed by atoms with Crippen molar-refractivity contribution in [2.24, 2.45) is 0 Å². The topological polar surface area (TPSA) is 105 Å². The largest absolute Gasteiger partial charge is 0.457 e. The van der Waals surface area contributed by atoms with Gasteiger partial charge < -0.3 is 9.47 Å².